The Morgan fingerprint density at radius 2 is 1.18 bits per heavy atom. The predicted octanol–water partition coefficient (Wildman–Crippen LogP) is 12.5. The molecule has 3 amide bonds. The number of nitrogens with one attached hydrogen (secondary N) is 3. The average Bonchev–Trinajstić information content (AvgIpc) is 3.41. The van der Waals surface area contributed by atoms with Gasteiger partial charge in [-0.05, 0) is 115 Å². The van der Waals surface area contributed by atoms with Gasteiger partial charge in [-0.15, -0.1) is 0 Å². The van der Waals surface area contributed by atoms with Crippen LogP contribution in [0.1, 0.15) is 103 Å². The molecule has 380 valence electrons. The third-order valence-corrected chi connectivity index (χ3v) is 13.0. The number of hydrogen-bond acceptors (Lipinski definition) is 8. The lowest BCUT2D eigenvalue weighted by Gasteiger charge is -2.28. The lowest BCUT2D eigenvalue weighted by molar-refractivity contribution is -0.137. The number of alkyl halides is 3. The van der Waals surface area contributed by atoms with Crippen LogP contribution in [0.2, 0.25) is 0 Å². The Morgan fingerprint density at radius 3 is 1.77 bits per heavy atom. The van der Waals surface area contributed by atoms with E-state index in [-0.39, 0.29) is 34.7 Å². The molecule has 0 unspecified atom stereocenters. The van der Waals surface area contributed by atoms with Crippen LogP contribution in [0, 0.1) is 0 Å². The highest BCUT2D eigenvalue weighted by atomic mass is 19.4. The number of nitrogens with zero attached hydrogens (tertiary/aromatic N) is 5. The topological polar surface area (TPSA) is 132 Å². The summed E-state index contributed by atoms with van der Waals surface area (Å²) in [6, 6.07) is 44.8. The van der Waals surface area contributed by atoms with Gasteiger partial charge in [0.15, 0.2) is 0 Å². The molecule has 3 aromatic heterocycles. The van der Waals surface area contributed by atoms with E-state index in [2.05, 4.69) is 34.8 Å². The summed E-state index contributed by atoms with van der Waals surface area (Å²) < 4.78 is 40.8. The maximum Gasteiger partial charge on any atom is 0.416 e. The van der Waals surface area contributed by atoms with Crippen molar-refractivity contribution in [2.24, 2.45) is 0 Å². The van der Waals surface area contributed by atoms with Crippen LogP contribution in [0.4, 0.5) is 24.8 Å². The fourth-order valence-corrected chi connectivity index (χ4v) is 9.08. The van der Waals surface area contributed by atoms with Gasteiger partial charge in [0.05, 0.1) is 27.9 Å². The van der Waals surface area contributed by atoms with E-state index in [1.54, 1.807) is 24.3 Å². The molecule has 74 heavy (non-hydrogen) atoms. The third-order valence-electron chi connectivity index (χ3n) is 13.0. The molecule has 14 heteroatoms. The standard InChI is InChI=1S/C60H61F3N8O3/c1-4-6-14-34-65-57(72)55(43-17-10-8-11-18-43)67-39-41-22-30-50-46(37-41)26-32-52(68-50)71(59(74)49-21-16-36-64-54(49)44-24-28-48(29-25-44)60(61,62)63)53-33-27-47-38-42(23-31-51(47)69-53)40-70(3)56(45-19-12-9-13-20-45)58(73)66-35-15-7-5-2/h8-13,16-33,36-38,55-56,67H,4-7,14-15,34-35,39-40H2,1-3H3,(H,65,72)(H,66,73)/t55-,56-/m0/s1. The Bertz CT molecular complexity index is 3170. The number of unbranched alkanes of at least 4 members (excludes halogenated alkanes) is 4. The number of aromatic nitrogens is 3. The average molecular weight is 999 g/mol. The van der Waals surface area contributed by atoms with E-state index in [0.717, 1.165) is 83.7 Å². The zero-order valence-electron chi connectivity index (χ0n) is 41.9. The maximum absolute atomic E-state index is 15.2. The zero-order chi connectivity index (χ0) is 52.0. The number of anilines is 2. The van der Waals surface area contributed by atoms with Gasteiger partial charge in [0.1, 0.15) is 23.7 Å². The molecule has 3 N–H and O–H groups in total. The highest BCUT2D eigenvalue weighted by molar-refractivity contribution is 6.13. The first-order chi connectivity index (χ1) is 35.9. The Labute approximate surface area is 430 Å². The Hall–Kier alpha value is -7.81. The number of fused-ring (bicyclic) bond motifs is 2. The van der Waals surface area contributed by atoms with Gasteiger partial charge in [0.25, 0.3) is 5.91 Å². The highest BCUT2D eigenvalue weighted by Gasteiger charge is 2.31. The monoisotopic (exact) mass is 998 g/mol. The first-order valence-corrected chi connectivity index (χ1v) is 25.3. The van der Waals surface area contributed by atoms with Crippen molar-refractivity contribution in [3.05, 3.63) is 197 Å². The number of carbonyl (C=O) groups is 3. The Morgan fingerprint density at radius 1 is 0.608 bits per heavy atom. The number of pyridine rings is 3. The molecule has 0 aliphatic carbocycles. The van der Waals surface area contributed by atoms with E-state index in [0.29, 0.717) is 42.8 Å². The van der Waals surface area contributed by atoms with Crippen LogP contribution in [0.15, 0.2) is 164 Å². The van der Waals surface area contributed by atoms with Crippen LogP contribution < -0.4 is 20.9 Å². The van der Waals surface area contributed by atoms with Crippen LogP contribution in [-0.4, -0.2) is 57.7 Å². The second kappa shape index (κ2) is 24.7. The van der Waals surface area contributed by atoms with Crippen molar-refractivity contribution in [3.8, 4) is 11.3 Å². The van der Waals surface area contributed by atoms with E-state index in [9.17, 15) is 22.8 Å². The minimum atomic E-state index is -4.54. The Balaban J connectivity index is 1.11. The second-order valence-electron chi connectivity index (χ2n) is 18.5. The number of amides is 3. The van der Waals surface area contributed by atoms with Crippen LogP contribution in [-0.2, 0) is 28.9 Å². The lowest BCUT2D eigenvalue weighted by Crippen LogP contribution is -2.38. The summed E-state index contributed by atoms with van der Waals surface area (Å²) in [5.74, 6) is -0.199. The van der Waals surface area contributed by atoms with Crippen molar-refractivity contribution >= 4 is 51.2 Å². The molecule has 0 radical (unpaired) electrons. The second-order valence-corrected chi connectivity index (χ2v) is 18.5. The molecule has 0 saturated carbocycles. The molecule has 5 aromatic carbocycles. The van der Waals surface area contributed by atoms with Gasteiger partial charge < -0.3 is 10.6 Å². The fourth-order valence-electron chi connectivity index (χ4n) is 9.08. The van der Waals surface area contributed by atoms with Crippen LogP contribution in [0.5, 0.6) is 0 Å². The van der Waals surface area contributed by atoms with Crippen molar-refractivity contribution in [1.29, 1.82) is 0 Å². The van der Waals surface area contributed by atoms with E-state index >= 15 is 4.79 Å². The zero-order valence-corrected chi connectivity index (χ0v) is 41.9. The summed E-state index contributed by atoms with van der Waals surface area (Å²) in [5, 5.41) is 11.3. The number of carbonyl (C=O) groups excluding carboxylic acids is 3. The van der Waals surface area contributed by atoms with Gasteiger partial charge in [0.2, 0.25) is 11.8 Å². The fraction of sp³-hybridized carbons (Fsp3) is 0.267. The summed E-state index contributed by atoms with van der Waals surface area (Å²) in [4.78, 5) is 60.2. The molecule has 8 rings (SSSR count). The number of likely N-dealkylation sites (N-methyl/N-ethyl adjacent to an activating group) is 1. The van der Waals surface area contributed by atoms with Crippen LogP contribution in [0.3, 0.4) is 0 Å². The summed E-state index contributed by atoms with van der Waals surface area (Å²) in [5.41, 5.74) is 4.61. The molecular formula is C60H61F3N8O3. The van der Waals surface area contributed by atoms with Gasteiger partial charge in [-0.3, -0.25) is 29.6 Å². The SMILES string of the molecule is CCCCCNC(=O)[C@@H](NCc1ccc2nc(N(C(=O)c3cccnc3-c3ccc(C(F)(F)F)cc3)c3ccc4cc(CN(C)[C@H](C(=O)NCCCCC)c5ccccc5)ccc4n3)ccc2c1)c1ccccc1. The van der Waals surface area contributed by atoms with Gasteiger partial charge in [0, 0.05) is 48.7 Å². The summed E-state index contributed by atoms with van der Waals surface area (Å²) in [7, 11) is 1.93. The first-order valence-electron chi connectivity index (χ1n) is 25.3. The minimum Gasteiger partial charge on any atom is -0.354 e. The third kappa shape index (κ3) is 13.0. The smallest absolute Gasteiger partial charge is 0.354 e. The minimum absolute atomic E-state index is 0.0623. The molecule has 2 atom stereocenters. The molecule has 8 aromatic rings. The lowest BCUT2D eigenvalue weighted by atomic mass is 10.0. The van der Waals surface area contributed by atoms with Gasteiger partial charge in [-0.2, -0.15) is 13.2 Å². The summed E-state index contributed by atoms with van der Waals surface area (Å²) >= 11 is 0. The molecule has 0 aliphatic rings. The Kier molecular flexibility index (Phi) is 17.6. The molecule has 0 fully saturated rings. The van der Waals surface area contributed by atoms with E-state index in [4.69, 9.17) is 9.97 Å². The van der Waals surface area contributed by atoms with Crippen LogP contribution in [0.25, 0.3) is 33.1 Å². The van der Waals surface area contributed by atoms with Crippen molar-refractivity contribution in [2.45, 2.75) is 83.7 Å². The molecule has 11 nitrogen and oxygen atoms in total. The molecule has 0 saturated heterocycles. The van der Waals surface area contributed by atoms with E-state index in [1.807, 2.05) is 121 Å². The molecule has 3 heterocycles. The van der Waals surface area contributed by atoms with Crippen molar-refractivity contribution in [3.63, 3.8) is 0 Å². The predicted molar refractivity (Wildman–Crippen MR) is 286 cm³/mol. The largest absolute Gasteiger partial charge is 0.416 e. The number of rotatable bonds is 22. The van der Waals surface area contributed by atoms with Crippen LogP contribution >= 0.6 is 0 Å². The van der Waals surface area contributed by atoms with Gasteiger partial charge >= 0.3 is 6.18 Å². The molecular weight excluding hydrogens is 938 g/mol. The first kappa shape index (κ1) is 52.5. The summed E-state index contributed by atoms with van der Waals surface area (Å²) in [6.45, 7) is 6.31. The van der Waals surface area contributed by atoms with E-state index in [1.165, 1.54) is 23.2 Å². The highest BCUT2D eigenvalue weighted by Crippen LogP contribution is 2.34. The number of benzene rings is 5. The summed E-state index contributed by atoms with van der Waals surface area (Å²) in [6.07, 6.45) is 2.95. The normalized spacial score (nSPS) is 12.4. The molecule has 0 spiro atoms. The van der Waals surface area contributed by atoms with Crippen molar-refractivity contribution in [1.82, 2.24) is 35.8 Å². The van der Waals surface area contributed by atoms with Crippen molar-refractivity contribution in [2.75, 3.05) is 25.0 Å². The maximum atomic E-state index is 15.2. The van der Waals surface area contributed by atoms with Gasteiger partial charge in [-0.1, -0.05) is 124 Å². The molecule has 0 bridgehead atoms. The van der Waals surface area contributed by atoms with E-state index < -0.39 is 29.7 Å². The van der Waals surface area contributed by atoms with Crippen molar-refractivity contribution < 1.29 is 27.6 Å². The number of halogens is 3. The number of hydrogen-bond donors (Lipinski definition) is 3. The molecule has 0 aliphatic heterocycles. The quantitative estimate of drug-likeness (QED) is 0.0572. The van der Waals surface area contributed by atoms with Gasteiger partial charge in [-0.25, -0.2) is 14.9 Å².